The summed E-state index contributed by atoms with van der Waals surface area (Å²) in [6, 6.07) is 6.92. The van der Waals surface area contributed by atoms with Gasteiger partial charge in [0.25, 0.3) is 5.91 Å². The highest BCUT2D eigenvalue weighted by Crippen LogP contribution is 2.30. The average molecular weight is 351 g/mol. The van der Waals surface area contributed by atoms with E-state index in [2.05, 4.69) is 0 Å². The molecule has 1 aromatic carbocycles. The second-order valence-corrected chi connectivity index (χ2v) is 5.82. The SMILES string of the molecule is COc1ccc(Cl)cc1-n1c(C)cc(C(=O)O[C@H](C)C(N)=O)c1C. The van der Waals surface area contributed by atoms with Crippen LogP contribution in [0.15, 0.2) is 24.3 Å². The fraction of sp³-hybridized carbons (Fsp3) is 0.294. The number of carbonyl (C=O) groups is 2. The molecule has 0 aliphatic carbocycles. The largest absolute Gasteiger partial charge is 0.495 e. The molecule has 0 radical (unpaired) electrons. The summed E-state index contributed by atoms with van der Waals surface area (Å²) in [5.74, 6) is -0.693. The topological polar surface area (TPSA) is 83.6 Å². The molecule has 0 spiro atoms. The van der Waals surface area contributed by atoms with Crippen LogP contribution in [-0.2, 0) is 9.53 Å². The smallest absolute Gasteiger partial charge is 0.340 e. The van der Waals surface area contributed by atoms with Gasteiger partial charge in [0, 0.05) is 16.4 Å². The van der Waals surface area contributed by atoms with Crippen LogP contribution in [0.1, 0.15) is 28.7 Å². The van der Waals surface area contributed by atoms with Gasteiger partial charge in [0.15, 0.2) is 6.10 Å². The van der Waals surface area contributed by atoms with Crippen LogP contribution in [0.5, 0.6) is 5.75 Å². The van der Waals surface area contributed by atoms with Gasteiger partial charge in [-0.25, -0.2) is 4.79 Å². The van der Waals surface area contributed by atoms with Gasteiger partial charge in [-0.15, -0.1) is 0 Å². The van der Waals surface area contributed by atoms with Crippen molar-refractivity contribution in [3.05, 3.63) is 46.2 Å². The summed E-state index contributed by atoms with van der Waals surface area (Å²) in [6.45, 7) is 5.06. The standard InChI is InChI=1S/C17H19ClN2O4/c1-9-7-13(17(22)24-11(3)16(19)21)10(2)20(9)14-8-12(18)5-6-15(14)23-4/h5-8,11H,1-4H3,(H2,19,21)/t11-/m1/s1. The lowest BCUT2D eigenvalue weighted by molar-refractivity contribution is -0.125. The minimum atomic E-state index is -0.999. The second-order valence-electron chi connectivity index (χ2n) is 5.39. The zero-order chi connectivity index (χ0) is 18.0. The van der Waals surface area contributed by atoms with Crippen molar-refractivity contribution < 1.29 is 19.1 Å². The molecule has 0 fully saturated rings. The number of ether oxygens (including phenoxy) is 2. The van der Waals surface area contributed by atoms with E-state index < -0.39 is 18.0 Å². The molecule has 0 saturated carbocycles. The van der Waals surface area contributed by atoms with Gasteiger partial charge in [-0.3, -0.25) is 4.79 Å². The third-order valence-electron chi connectivity index (χ3n) is 3.72. The number of halogens is 1. The van der Waals surface area contributed by atoms with E-state index in [0.29, 0.717) is 27.7 Å². The Morgan fingerprint density at radius 3 is 2.50 bits per heavy atom. The molecule has 0 aliphatic heterocycles. The van der Waals surface area contributed by atoms with E-state index in [4.69, 9.17) is 26.8 Å². The first-order chi connectivity index (χ1) is 11.3. The van der Waals surface area contributed by atoms with Crippen LogP contribution in [0, 0.1) is 13.8 Å². The van der Waals surface area contributed by atoms with Gasteiger partial charge < -0.3 is 19.8 Å². The number of hydrogen-bond acceptors (Lipinski definition) is 4. The van der Waals surface area contributed by atoms with E-state index in [0.717, 1.165) is 5.69 Å². The van der Waals surface area contributed by atoms with Crippen molar-refractivity contribution in [2.75, 3.05) is 7.11 Å². The number of primary amides is 1. The fourth-order valence-electron chi connectivity index (χ4n) is 2.46. The van der Waals surface area contributed by atoms with Gasteiger partial charge in [-0.05, 0) is 45.0 Å². The van der Waals surface area contributed by atoms with Crippen molar-refractivity contribution in [2.45, 2.75) is 26.9 Å². The quantitative estimate of drug-likeness (QED) is 0.840. The van der Waals surface area contributed by atoms with E-state index in [9.17, 15) is 9.59 Å². The Kier molecular flexibility index (Phi) is 5.19. The number of rotatable bonds is 5. The Bertz CT molecular complexity index is 798. The van der Waals surface area contributed by atoms with E-state index in [1.54, 1.807) is 38.3 Å². The van der Waals surface area contributed by atoms with Crippen LogP contribution in [-0.4, -0.2) is 29.7 Å². The van der Waals surface area contributed by atoms with Crippen LogP contribution in [0.3, 0.4) is 0 Å². The summed E-state index contributed by atoms with van der Waals surface area (Å²) in [6.07, 6.45) is -0.999. The number of aromatic nitrogens is 1. The van der Waals surface area contributed by atoms with Gasteiger partial charge in [-0.2, -0.15) is 0 Å². The number of methoxy groups -OCH3 is 1. The number of aryl methyl sites for hydroxylation is 1. The first-order valence-corrected chi connectivity index (χ1v) is 7.67. The van der Waals surface area contributed by atoms with E-state index in [1.807, 2.05) is 11.5 Å². The molecule has 2 aromatic rings. The molecule has 0 saturated heterocycles. The Hall–Kier alpha value is -2.47. The molecule has 1 heterocycles. The summed E-state index contributed by atoms with van der Waals surface area (Å²) in [5.41, 5.74) is 7.63. The summed E-state index contributed by atoms with van der Waals surface area (Å²) in [7, 11) is 1.56. The Morgan fingerprint density at radius 1 is 1.25 bits per heavy atom. The highest BCUT2D eigenvalue weighted by molar-refractivity contribution is 6.30. The molecule has 6 nitrogen and oxygen atoms in total. The highest BCUT2D eigenvalue weighted by Gasteiger charge is 2.22. The summed E-state index contributed by atoms with van der Waals surface area (Å²) < 4.78 is 12.3. The molecule has 2 N–H and O–H groups in total. The molecule has 2 rings (SSSR count). The van der Waals surface area contributed by atoms with Crippen LogP contribution in [0.2, 0.25) is 5.02 Å². The zero-order valence-corrected chi connectivity index (χ0v) is 14.7. The number of carbonyl (C=O) groups excluding carboxylic acids is 2. The molecule has 7 heteroatoms. The maximum atomic E-state index is 12.3. The summed E-state index contributed by atoms with van der Waals surface area (Å²) in [4.78, 5) is 23.4. The number of nitrogens with zero attached hydrogens (tertiary/aromatic N) is 1. The van der Waals surface area contributed by atoms with Crippen molar-refractivity contribution in [2.24, 2.45) is 5.73 Å². The van der Waals surface area contributed by atoms with Gasteiger partial charge in [0.05, 0.1) is 18.4 Å². The normalized spacial score (nSPS) is 11.9. The second kappa shape index (κ2) is 6.97. The van der Waals surface area contributed by atoms with Gasteiger partial charge in [-0.1, -0.05) is 11.6 Å². The molecule has 1 atom stereocenters. The number of esters is 1. The number of nitrogens with two attached hydrogens (primary N) is 1. The lowest BCUT2D eigenvalue weighted by Crippen LogP contribution is -2.30. The molecular weight excluding hydrogens is 332 g/mol. The number of amides is 1. The van der Waals surface area contributed by atoms with Crippen LogP contribution in [0.25, 0.3) is 5.69 Å². The first kappa shape index (κ1) is 17.9. The molecule has 1 amide bonds. The minimum Gasteiger partial charge on any atom is -0.495 e. The predicted octanol–water partition coefficient (Wildman–Crippen LogP) is 2.79. The highest BCUT2D eigenvalue weighted by atomic mass is 35.5. The van der Waals surface area contributed by atoms with E-state index in [-0.39, 0.29) is 0 Å². The Morgan fingerprint density at radius 2 is 1.92 bits per heavy atom. The minimum absolute atomic E-state index is 0.350. The molecular formula is C17H19ClN2O4. The van der Waals surface area contributed by atoms with Gasteiger partial charge in [0.2, 0.25) is 0 Å². The van der Waals surface area contributed by atoms with E-state index >= 15 is 0 Å². The lowest BCUT2D eigenvalue weighted by atomic mass is 10.2. The average Bonchev–Trinajstić information content (AvgIpc) is 2.81. The zero-order valence-electron chi connectivity index (χ0n) is 13.9. The van der Waals surface area contributed by atoms with Crippen LogP contribution < -0.4 is 10.5 Å². The van der Waals surface area contributed by atoms with E-state index in [1.165, 1.54) is 6.92 Å². The molecule has 0 bridgehead atoms. The van der Waals surface area contributed by atoms with Gasteiger partial charge >= 0.3 is 5.97 Å². The lowest BCUT2D eigenvalue weighted by Gasteiger charge is -2.15. The molecule has 0 unspecified atom stereocenters. The molecule has 0 aliphatic rings. The van der Waals surface area contributed by atoms with Crippen molar-refractivity contribution in [3.8, 4) is 11.4 Å². The molecule has 24 heavy (non-hydrogen) atoms. The van der Waals surface area contributed by atoms with Gasteiger partial charge in [0.1, 0.15) is 5.75 Å². The maximum absolute atomic E-state index is 12.3. The van der Waals surface area contributed by atoms with Crippen molar-refractivity contribution >= 4 is 23.5 Å². The van der Waals surface area contributed by atoms with Crippen molar-refractivity contribution in [3.63, 3.8) is 0 Å². The van der Waals surface area contributed by atoms with Crippen LogP contribution >= 0.6 is 11.6 Å². The number of benzene rings is 1. The molecule has 128 valence electrons. The maximum Gasteiger partial charge on any atom is 0.340 e. The third-order valence-corrected chi connectivity index (χ3v) is 3.95. The molecule has 1 aromatic heterocycles. The Labute approximate surface area is 145 Å². The first-order valence-electron chi connectivity index (χ1n) is 7.29. The monoisotopic (exact) mass is 350 g/mol. The van der Waals surface area contributed by atoms with Crippen molar-refractivity contribution in [1.82, 2.24) is 4.57 Å². The van der Waals surface area contributed by atoms with Crippen molar-refractivity contribution in [1.29, 1.82) is 0 Å². The number of hydrogen-bond donors (Lipinski definition) is 1. The fourth-order valence-corrected chi connectivity index (χ4v) is 2.63. The summed E-state index contributed by atoms with van der Waals surface area (Å²) in [5, 5.41) is 0.546. The Balaban J connectivity index is 2.49. The predicted molar refractivity (Wildman–Crippen MR) is 90.9 cm³/mol. The van der Waals surface area contributed by atoms with Crippen LogP contribution in [0.4, 0.5) is 0 Å². The summed E-state index contributed by atoms with van der Waals surface area (Å²) >= 11 is 6.09. The third kappa shape index (κ3) is 3.38.